The first-order valence-corrected chi connectivity index (χ1v) is 7.30. The summed E-state index contributed by atoms with van der Waals surface area (Å²) in [5.41, 5.74) is 3.38. The number of nitrogens with zero attached hydrogens (tertiary/aromatic N) is 2. The van der Waals surface area contributed by atoms with Gasteiger partial charge in [-0.3, -0.25) is 4.98 Å². The van der Waals surface area contributed by atoms with Gasteiger partial charge in [0.15, 0.2) is 0 Å². The van der Waals surface area contributed by atoms with Gasteiger partial charge in [0.05, 0.1) is 0 Å². The SMILES string of the molecule is Cc1cc(-c2ncc(CNC(C)(C)C)s2)cc(C)n1. The maximum absolute atomic E-state index is 4.52. The lowest BCUT2D eigenvalue weighted by Crippen LogP contribution is -2.34. The Hall–Kier alpha value is -1.26. The summed E-state index contributed by atoms with van der Waals surface area (Å²) < 4.78 is 0. The molecule has 0 bridgehead atoms. The van der Waals surface area contributed by atoms with Gasteiger partial charge in [0.2, 0.25) is 0 Å². The van der Waals surface area contributed by atoms with Crippen LogP contribution in [0.3, 0.4) is 0 Å². The van der Waals surface area contributed by atoms with E-state index in [0.717, 1.165) is 28.5 Å². The Morgan fingerprint density at radius 2 is 1.79 bits per heavy atom. The molecule has 0 aliphatic carbocycles. The molecule has 0 spiro atoms. The van der Waals surface area contributed by atoms with Crippen molar-refractivity contribution in [1.29, 1.82) is 0 Å². The van der Waals surface area contributed by atoms with E-state index in [2.05, 4.69) is 48.2 Å². The standard InChI is InChI=1S/C15H21N3S/c1-10-6-12(7-11(2)18-10)14-16-8-13(19-14)9-17-15(3,4)5/h6-8,17H,9H2,1-5H3. The molecule has 2 heterocycles. The van der Waals surface area contributed by atoms with E-state index < -0.39 is 0 Å². The van der Waals surface area contributed by atoms with E-state index in [1.807, 2.05) is 20.0 Å². The van der Waals surface area contributed by atoms with Crippen LogP contribution in [0.2, 0.25) is 0 Å². The second-order valence-corrected chi connectivity index (χ2v) is 6.99. The van der Waals surface area contributed by atoms with Gasteiger partial charge in [-0.15, -0.1) is 11.3 Å². The van der Waals surface area contributed by atoms with E-state index in [4.69, 9.17) is 0 Å². The Morgan fingerprint density at radius 1 is 1.16 bits per heavy atom. The molecule has 0 atom stereocenters. The summed E-state index contributed by atoms with van der Waals surface area (Å²) in [7, 11) is 0. The smallest absolute Gasteiger partial charge is 0.123 e. The molecule has 2 aromatic rings. The molecule has 0 saturated heterocycles. The lowest BCUT2D eigenvalue weighted by molar-refractivity contribution is 0.426. The molecular formula is C15H21N3S. The molecule has 0 aromatic carbocycles. The third-order valence-corrected chi connectivity index (χ3v) is 3.72. The average Bonchev–Trinajstić information content (AvgIpc) is 2.72. The number of pyridine rings is 1. The zero-order chi connectivity index (χ0) is 14.0. The van der Waals surface area contributed by atoms with Crippen LogP contribution >= 0.6 is 11.3 Å². The highest BCUT2D eigenvalue weighted by atomic mass is 32.1. The van der Waals surface area contributed by atoms with E-state index >= 15 is 0 Å². The van der Waals surface area contributed by atoms with Crippen molar-refractivity contribution in [1.82, 2.24) is 15.3 Å². The summed E-state index contributed by atoms with van der Waals surface area (Å²) in [4.78, 5) is 10.2. The quantitative estimate of drug-likeness (QED) is 0.928. The van der Waals surface area contributed by atoms with Crippen molar-refractivity contribution in [2.24, 2.45) is 0 Å². The van der Waals surface area contributed by atoms with Crippen molar-refractivity contribution in [2.75, 3.05) is 0 Å². The van der Waals surface area contributed by atoms with E-state index in [1.54, 1.807) is 11.3 Å². The zero-order valence-corrected chi connectivity index (χ0v) is 13.1. The summed E-state index contributed by atoms with van der Waals surface area (Å²) in [5.74, 6) is 0. The number of aromatic nitrogens is 2. The molecular weight excluding hydrogens is 254 g/mol. The largest absolute Gasteiger partial charge is 0.307 e. The van der Waals surface area contributed by atoms with Crippen molar-refractivity contribution >= 4 is 11.3 Å². The Morgan fingerprint density at radius 3 is 2.37 bits per heavy atom. The van der Waals surface area contributed by atoms with Crippen molar-refractivity contribution in [3.8, 4) is 10.6 Å². The molecule has 19 heavy (non-hydrogen) atoms. The first kappa shape index (κ1) is 14.2. The third kappa shape index (κ3) is 4.11. The predicted octanol–water partition coefficient (Wildman–Crippen LogP) is 3.71. The maximum atomic E-state index is 4.52. The molecule has 0 amide bonds. The van der Waals surface area contributed by atoms with Crippen LogP contribution in [-0.2, 0) is 6.54 Å². The molecule has 0 aliphatic heterocycles. The Labute approximate surface area is 119 Å². The van der Waals surface area contributed by atoms with Crippen molar-refractivity contribution in [3.05, 3.63) is 34.6 Å². The number of aryl methyl sites for hydroxylation is 2. The van der Waals surface area contributed by atoms with E-state index in [1.165, 1.54) is 4.88 Å². The lowest BCUT2D eigenvalue weighted by Gasteiger charge is -2.19. The first-order valence-electron chi connectivity index (χ1n) is 6.49. The molecule has 0 unspecified atom stereocenters. The normalized spacial score (nSPS) is 11.8. The minimum Gasteiger partial charge on any atom is -0.307 e. The molecule has 2 rings (SSSR count). The number of hydrogen-bond donors (Lipinski definition) is 1. The van der Waals surface area contributed by atoms with Crippen molar-refractivity contribution < 1.29 is 0 Å². The number of rotatable bonds is 3. The van der Waals surface area contributed by atoms with Gasteiger partial charge in [0.25, 0.3) is 0 Å². The van der Waals surface area contributed by atoms with E-state index in [0.29, 0.717) is 0 Å². The lowest BCUT2D eigenvalue weighted by atomic mass is 10.1. The molecule has 0 radical (unpaired) electrons. The summed E-state index contributed by atoms with van der Waals surface area (Å²) in [5, 5.41) is 4.55. The fraction of sp³-hybridized carbons (Fsp3) is 0.467. The summed E-state index contributed by atoms with van der Waals surface area (Å²) in [6, 6.07) is 4.18. The van der Waals surface area contributed by atoms with Crippen molar-refractivity contribution in [3.63, 3.8) is 0 Å². The predicted molar refractivity (Wildman–Crippen MR) is 81.4 cm³/mol. The van der Waals surface area contributed by atoms with Gasteiger partial charge in [-0.1, -0.05) is 0 Å². The Balaban J connectivity index is 2.16. The van der Waals surface area contributed by atoms with Crippen LogP contribution in [0.25, 0.3) is 10.6 Å². The summed E-state index contributed by atoms with van der Waals surface area (Å²) in [6.07, 6.45) is 1.96. The van der Waals surface area contributed by atoms with Crippen LogP contribution in [0.15, 0.2) is 18.3 Å². The highest BCUT2D eigenvalue weighted by molar-refractivity contribution is 7.15. The Bertz CT molecular complexity index is 547. The van der Waals surface area contributed by atoms with Crippen LogP contribution in [-0.4, -0.2) is 15.5 Å². The highest BCUT2D eigenvalue weighted by Gasteiger charge is 2.11. The highest BCUT2D eigenvalue weighted by Crippen LogP contribution is 2.26. The molecule has 3 nitrogen and oxygen atoms in total. The molecule has 4 heteroatoms. The van der Waals surface area contributed by atoms with Crippen LogP contribution in [0.5, 0.6) is 0 Å². The third-order valence-electron chi connectivity index (χ3n) is 2.67. The number of nitrogens with one attached hydrogen (secondary N) is 1. The van der Waals surface area contributed by atoms with E-state index in [-0.39, 0.29) is 5.54 Å². The maximum Gasteiger partial charge on any atom is 0.123 e. The second-order valence-electron chi connectivity index (χ2n) is 5.87. The molecule has 2 aromatic heterocycles. The van der Waals surface area contributed by atoms with Gasteiger partial charge < -0.3 is 5.32 Å². The molecule has 1 N–H and O–H groups in total. The van der Waals surface area contributed by atoms with Crippen molar-refractivity contribution in [2.45, 2.75) is 46.7 Å². The van der Waals surface area contributed by atoms with Gasteiger partial charge in [0.1, 0.15) is 5.01 Å². The number of thiazole rings is 1. The van der Waals surface area contributed by atoms with Gasteiger partial charge in [-0.2, -0.15) is 0 Å². The van der Waals surface area contributed by atoms with Gasteiger partial charge in [-0.05, 0) is 46.8 Å². The topological polar surface area (TPSA) is 37.8 Å². The van der Waals surface area contributed by atoms with Gasteiger partial charge >= 0.3 is 0 Å². The minimum absolute atomic E-state index is 0.133. The fourth-order valence-electron chi connectivity index (χ4n) is 1.83. The summed E-state index contributed by atoms with van der Waals surface area (Å²) >= 11 is 1.74. The van der Waals surface area contributed by atoms with Crippen LogP contribution in [0.1, 0.15) is 37.0 Å². The van der Waals surface area contributed by atoms with E-state index in [9.17, 15) is 0 Å². The van der Waals surface area contributed by atoms with Crippen LogP contribution < -0.4 is 5.32 Å². The zero-order valence-electron chi connectivity index (χ0n) is 12.2. The van der Waals surface area contributed by atoms with Crippen LogP contribution in [0, 0.1) is 13.8 Å². The molecule has 0 aliphatic rings. The fourth-order valence-corrected chi connectivity index (χ4v) is 2.67. The number of hydrogen-bond acceptors (Lipinski definition) is 4. The Kier molecular flexibility index (Phi) is 4.02. The second kappa shape index (κ2) is 5.39. The average molecular weight is 275 g/mol. The molecule has 102 valence electrons. The molecule has 0 fully saturated rings. The molecule has 0 saturated carbocycles. The van der Waals surface area contributed by atoms with Gasteiger partial charge in [-0.25, -0.2) is 4.98 Å². The van der Waals surface area contributed by atoms with Crippen LogP contribution in [0.4, 0.5) is 0 Å². The monoisotopic (exact) mass is 275 g/mol. The summed E-state index contributed by atoms with van der Waals surface area (Å²) in [6.45, 7) is 11.4. The van der Waals surface area contributed by atoms with Gasteiger partial charge in [0, 0.05) is 40.1 Å². The first-order chi connectivity index (χ1) is 8.83. The minimum atomic E-state index is 0.133.